The van der Waals surface area contributed by atoms with E-state index >= 15 is 0 Å². The second kappa shape index (κ2) is 6.59. The molecule has 0 atom stereocenters. The molecule has 86 valence electrons. The van der Waals surface area contributed by atoms with Crippen LogP contribution in [-0.2, 0) is 0 Å². The van der Waals surface area contributed by atoms with Crippen molar-refractivity contribution in [2.45, 2.75) is 25.7 Å². The van der Waals surface area contributed by atoms with E-state index in [0.29, 0.717) is 0 Å². The van der Waals surface area contributed by atoms with Crippen molar-refractivity contribution in [3.05, 3.63) is 0 Å². The maximum atomic E-state index is 3.14. The zero-order chi connectivity index (χ0) is 11.1. The Morgan fingerprint density at radius 1 is 0.625 bits per heavy atom. The van der Waals surface area contributed by atoms with Crippen molar-refractivity contribution in [2.24, 2.45) is 0 Å². The van der Waals surface area contributed by atoms with E-state index in [1.54, 1.807) is 0 Å². The normalized spacial score (nSPS) is 21.2. The van der Waals surface area contributed by atoms with Gasteiger partial charge in [-0.05, 0) is 63.7 Å². The third-order valence-corrected chi connectivity index (χ3v) is 3.24. The van der Waals surface area contributed by atoms with Crippen LogP contribution in [0.3, 0.4) is 0 Å². The lowest BCUT2D eigenvalue weighted by Gasteiger charge is -2.08. The highest BCUT2D eigenvalue weighted by Crippen LogP contribution is 2.05. The van der Waals surface area contributed by atoms with E-state index in [0.717, 1.165) is 13.1 Å². The van der Waals surface area contributed by atoms with Crippen molar-refractivity contribution in [2.75, 3.05) is 39.3 Å². The van der Waals surface area contributed by atoms with Gasteiger partial charge in [-0.2, -0.15) is 0 Å². The highest BCUT2D eigenvalue weighted by Gasteiger charge is 2.09. The number of likely N-dealkylation sites (tertiary alicyclic amines) is 2. The van der Waals surface area contributed by atoms with Gasteiger partial charge in [0.25, 0.3) is 0 Å². The summed E-state index contributed by atoms with van der Waals surface area (Å²) in [5.41, 5.74) is 0. The average molecular weight is 216 g/mol. The molecule has 0 spiro atoms. The standard InChI is InChI=1S/C14H20N2/c1(3-9-15-11-5-6-12-15)2-4-10-16-13-7-8-14-16/h5-14H2. The molecule has 2 aliphatic rings. The van der Waals surface area contributed by atoms with Crippen molar-refractivity contribution >= 4 is 0 Å². The summed E-state index contributed by atoms with van der Waals surface area (Å²) in [5, 5.41) is 0. The Kier molecular flexibility index (Phi) is 4.74. The lowest BCUT2D eigenvalue weighted by atomic mass is 10.4. The minimum atomic E-state index is 0.901. The first kappa shape index (κ1) is 11.5. The fourth-order valence-corrected chi connectivity index (χ4v) is 2.27. The molecule has 0 saturated carbocycles. The van der Waals surface area contributed by atoms with Gasteiger partial charge in [-0.25, -0.2) is 0 Å². The van der Waals surface area contributed by atoms with Crippen LogP contribution in [0, 0.1) is 23.7 Å². The van der Waals surface area contributed by atoms with Gasteiger partial charge in [-0.15, -0.1) is 0 Å². The minimum absolute atomic E-state index is 0.901. The summed E-state index contributed by atoms with van der Waals surface area (Å²) in [6, 6.07) is 0. The number of rotatable bonds is 2. The smallest absolute Gasteiger partial charge is 0.0611 e. The largest absolute Gasteiger partial charge is 0.292 e. The zero-order valence-electron chi connectivity index (χ0n) is 9.97. The van der Waals surface area contributed by atoms with Crippen LogP contribution >= 0.6 is 0 Å². The van der Waals surface area contributed by atoms with Crippen LogP contribution in [0.15, 0.2) is 0 Å². The fraction of sp³-hybridized carbons (Fsp3) is 0.714. The number of hydrogen-bond donors (Lipinski definition) is 0. The Bertz CT molecular complexity index is 280. The van der Waals surface area contributed by atoms with Gasteiger partial charge in [0.15, 0.2) is 0 Å². The topological polar surface area (TPSA) is 6.48 Å². The van der Waals surface area contributed by atoms with Crippen LogP contribution in [-0.4, -0.2) is 49.1 Å². The van der Waals surface area contributed by atoms with Crippen molar-refractivity contribution < 1.29 is 0 Å². The molecule has 2 nitrogen and oxygen atoms in total. The maximum absolute atomic E-state index is 3.14. The lowest BCUT2D eigenvalue weighted by Crippen LogP contribution is -2.19. The number of hydrogen-bond acceptors (Lipinski definition) is 2. The van der Waals surface area contributed by atoms with Crippen molar-refractivity contribution in [1.82, 2.24) is 9.80 Å². The summed E-state index contributed by atoms with van der Waals surface area (Å²) in [7, 11) is 0. The van der Waals surface area contributed by atoms with Gasteiger partial charge in [0, 0.05) is 0 Å². The molecule has 0 bridgehead atoms. The molecule has 0 aromatic heterocycles. The van der Waals surface area contributed by atoms with Gasteiger partial charge in [-0.3, -0.25) is 9.80 Å². The molecule has 0 radical (unpaired) electrons. The molecule has 2 heteroatoms. The summed E-state index contributed by atoms with van der Waals surface area (Å²) in [4.78, 5) is 4.80. The van der Waals surface area contributed by atoms with E-state index in [2.05, 4.69) is 33.5 Å². The molecule has 0 amide bonds. The van der Waals surface area contributed by atoms with Gasteiger partial charge in [0.05, 0.1) is 13.1 Å². The summed E-state index contributed by atoms with van der Waals surface area (Å²) in [5.74, 6) is 12.2. The Balaban J connectivity index is 1.61. The third kappa shape index (κ3) is 3.89. The Morgan fingerprint density at radius 2 is 1.00 bits per heavy atom. The number of nitrogens with zero attached hydrogens (tertiary/aromatic N) is 2. The van der Waals surface area contributed by atoms with E-state index in [-0.39, 0.29) is 0 Å². The summed E-state index contributed by atoms with van der Waals surface area (Å²) < 4.78 is 0. The maximum Gasteiger partial charge on any atom is 0.0611 e. The second-order valence-electron chi connectivity index (χ2n) is 4.57. The molecule has 0 aliphatic carbocycles. The van der Waals surface area contributed by atoms with Gasteiger partial charge in [-0.1, -0.05) is 11.8 Å². The predicted molar refractivity (Wildman–Crippen MR) is 66.9 cm³/mol. The van der Waals surface area contributed by atoms with Gasteiger partial charge in [0.2, 0.25) is 0 Å². The fourth-order valence-electron chi connectivity index (χ4n) is 2.27. The molecule has 2 heterocycles. The van der Waals surface area contributed by atoms with Crippen LogP contribution in [0.5, 0.6) is 0 Å². The Morgan fingerprint density at radius 3 is 1.38 bits per heavy atom. The van der Waals surface area contributed by atoms with Crippen molar-refractivity contribution in [1.29, 1.82) is 0 Å². The SMILES string of the molecule is C(C#CCN1CCCC1)#CCN1CCCC1. The molecule has 0 aromatic carbocycles. The second-order valence-corrected chi connectivity index (χ2v) is 4.57. The molecule has 16 heavy (non-hydrogen) atoms. The Hall–Kier alpha value is -0.960. The summed E-state index contributed by atoms with van der Waals surface area (Å²) in [6.07, 6.45) is 5.34. The van der Waals surface area contributed by atoms with Crippen LogP contribution in [0.4, 0.5) is 0 Å². The molecule has 2 saturated heterocycles. The van der Waals surface area contributed by atoms with Gasteiger partial charge in [0.1, 0.15) is 0 Å². The molecule has 0 N–H and O–H groups in total. The third-order valence-electron chi connectivity index (χ3n) is 3.24. The summed E-state index contributed by atoms with van der Waals surface area (Å²) >= 11 is 0. The monoisotopic (exact) mass is 216 g/mol. The molecule has 0 unspecified atom stereocenters. The van der Waals surface area contributed by atoms with Crippen molar-refractivity contribution in [3.63, 3.8) is 0 Å². The average Bonchev–Trinajstić information content (AvgIpc) is 2.96. The highest BCUT2D eigenvalue weighted by molar-refractivity contribution is 5.26. The Labute approximate surface area is 99.0 Å². The highest BCUT2D eigenvalue weighted by atomic mass is 15.1. The molecular formula is C14H20N2. The lowest BCUT2D eigenvalue weighted by molar-refractivity contribution is 0.383. The van der Waals surface area contributed by atoms with Crippen LogP contribution in [0.25, 0.3) is 0 Å². The van der Waals surface area contributed by atoms with Crippen LogP contribution < -0.4 is 0 Å². The zero-order valence-corrected chi connectivity index (χ0v) is 9.97. The summed E-state index contributed by atoms with van der Waals surface area (Å²) in [6.45, 7) is 6.67. The predicted octanol–water partition coefficient (Wildman–Crippen LogP) is 1.18. The van der Waals surface area contributed by atoms with Crippen molar-refractivity contribution in [3.8, 4) is 23.7 Å². The minimum Gasteiger partial charge on any atom is -0.292 e. The molecule has 2 aliphatic heterocycles. The molecular weight excluding hydrogens is 196 g/mol. The van der Waals surface area contributed by atoms with Gasteiger partial charge < -0.3 is 0 Å². The van der Waals surface area contributed by atoms with E-state index in [1.807, 2.05) is 0 Å². The van der Waals surface area contributed by atoms with E-state index in [1.165, 1.54) is 51.9 Å². The van der Waals surface area contributed by atoms with E-state index in [9.17, 15) is 0 Å². The first-order chi connectivity index (χ1) is 7.95. The molecule has 0 aromatic rings. The van der Waals surface area contributed by atoms with Crippen LogP contribution in [0.1, 0.15) is 25.7 Å². The van der Waals surface area contributed by atoms with Crippen LogP contribution in [0.2, 0.25) is 0 Å². The molecule has 2 fully saturated rings. The van der Waals surface area contributed by atoms with E-state index in [4.69, 9.17) is 0 Å². The first-order valence-corrected chi connectivity index (χ1v) is 6.35. The first-order valence-electron chi connectivity index (χ1n) is 6.35. The molecule has 2 rings (SSSR count). The quantitative estimate of drug-likeness (QED) is 0.640. The van der Waals surface area contributed by atoms with Gasteiger partial charge >= 0.3 is 0 Å². The van der Waals surface area contributed by atoms with E-state index < -0.39 is 0 Å².